The van der Waals surface area contributed by atoms with Gasteiger partial charge >= 0.3 is 5.97 Å². The number of carbonyl (C=O) groups is 2. The molecule has 0 saturated heterocycles. The minimum atomic E-state index is -3.62. The number of benzene rings is 1. The smallest absolute Gasteiger partial charge is 0.306 e. The molecule has 0 aliphatic heterocycles. The molecular formula is C27H42FNO6S. The first-order valence-electron chi connectivity index (χ1n) is 12.2. The van der Waals surface area contributed by atoms with Crippen LogP contribution in [0.3, 0.4) is 0 Å². The highest BCUT2D eigenvalue weighted by molar-refractivity contribution is 7.91. The van der Waals surface area contributed by atoms with E-state index >= 15 is 0 Å². The first kappa shape index (κ1) is 31.6. The fourth-order valence-corrected chi connectivity index (χ4v) is 5.44. The van der Waals surface area contributed by atoms with Crippen LogP contribution in [0.5, 0.6) is 5.75 Å². The van der Waals surface area contributed by atoms with Gasteiger partial charge in [-0.3, -0.25) is 9.59 Å². The zero-order valence-corrected chi connectivity index (χ0v) is 23.7. The Labute approximate surface area is 216 Å². The summed E-state index contributed by atoms with van der Waals surface area (Å²) in [5.74, 6) is -0.326. The molecule has 0 fully saturated rings. The lowest BCUT2D eigenvalue weighted by Crippen LogP contribution is -2.43. The van der Waals surface area contributed by atoms with Crippen molar-refractivity contribution in [2.24, 2.45) is 11.3 Å². The lowest BCUT2D eigenvalue weighted by Gasteiger charge is -2.33. The Morgan fingerprint density at radius 2 is 1.64 bits per heavy atom. The van der Waals surface area contributed by atoms with Crippen molar-refractivity contribution < 1.29 is 31.9 Å². The average Bonchev–Trinajstić information content (AvgIpc) is 2.75. The predicted molar refractivity (Wildman–Crippen MR) is 139 cm³/mol. The van der Waals surface area contributed by atoms with Crippen LogP contribution in [0.2, 0.25) is 0 Å². The van der Waals surface area contributed by atoms with Gasteiger partial charge in [-0.2, -0.15) is 0 Å². The number of rotatable bonds is 13. The second-order valence-electron chi connectivity index (χ2n) is 11.0. The molecule has 0 radical (unpaired) electrons. The van der Waals surface area contributed by atoms with E-state index in [1.165, 1.54) is 24.3 Å². The van der Waals surface area contributed by atoms with Crippen molar-refractivity contribution in [3.05, 3.63) is 36.2 Å². The third-order valence-electron chi connectivity index (χ3n) is 5.22. The van der Waals surface area contributed by atoms with Crippen LogP contribution >= 0.6 is 0 Å². The molecular weight excluding hydrogens is 485 g/mol. The van der Waals surface area contributed by atoms with E-state index < -0.39 is 26.8 Å². The van der Waals surface area contributed by atoms with Gasteiger partial charge < -0.3 is 14.4 Å². The van der Waals surface area contributed by atoms with Gasteiger partial charge in [0, 0.05) is 25.4 Å². The van der Waals surface area contributed by atoms with Gasteiger partial charge in [0.25, 0.3) is 0 Å². The van der Waals surface area contributed by atoms with Crippen molar-refractivity contribution >= 4 is 21.7 Å². The van der Waals surface area contributed by atoms with Crippen LogP contribution in [0.25, 0.3) is 0 Å². The quantitative estimate of drug-likeness (QED) is 0.322. The summed E-state index contributed by atoms with van der Waals surface area (Å²) in [6.07, 6.45) is 0.595. The van der Waals surface area contributed by atoms with E-state index in [2.05, 4.69) is 0 Å². The number of hydrogen-bond donors (Lipinski definition) is 0. The zero-order chi connectivity index (χ0) is 27.7. The van der Waals surface area contributed by atoms with Crippen LogP contribution in [0.15, 0.2) is 41.1 Å². The molecule has 0 N–H and O–H groups in total. The summed E-state index contributed by atoms with van der Waals surface area (Å²) < 4.78 is 50.1. The molecule has 0 aromatic heterocycles. The number of nitrogens with zero attached hydrogens (tertiary/aromatic N) is 1. The Hall–Kier alpha value is -2.42. The van der Waals surface area contributed by atoms with Crippen LogP contribution < -0.4 is 4.74 Å². The van der Waals surface area contributed by atoms with Crippen LogP contribution in [-0.2, 0) is 24.2 Å². The molecule has 204 valence electrons. The predicted octanol–water partition coefficient (Wildman–Crippen LogP) is 5.35. The maximum atomic E-state index is 13.2. The summed E-state index contributed by atoms with van der Waals surface area (Å²) in [5, 5.41) is 0. The number of ether oxygens (including phenoxy) is 2. The van der Waals surface area contributed by atoms with Crippen molar-refractivity contribution in [3.8, 4) is 5.75 Å². The third kappa shape index (κ3) is 11.1. The molecule has 7 nitrogen and oxygen atoms in total. The van der Waals surface area contributed by atoms with E-state index in [1.54, 1.807) is 25.7 Å². The summed E-state index contributed by atoms with van der Waals surface area (Å²) in [6.45, 7) is 15.3. The van der Waals surface area contributed by atoms with Crippen molar-refractivity contribution in [3.63, 3.8) is 0 Å². The third-order valence-corrected chi connectivity index (χ3v) is 7.37. The molecule has 0 unspecified atom stereocenters. The first-order valence-corrected chi connectivity index (χ1v) is 13.9. The molecule has 0 heterocycles. The van der Waals surface area contributed by atoms with Gasteiger partial charge in [0.1, 0.15) is 18.0 Å². The Morgan fingerprint density at radius 3 is 2.11 bits per heavy atom. The van der Waals surface area contributed by atoms with E-state index in [0.717, 1.165) is 0 Å². The van der Waals surface area contributed by atoms with Gasteiger partial charge in [-0.25, -0.2) is 12.8 Å². The standard InChI is InChI=1S/C27H42FNO6S/c1-9-29(25(31)20(2)3)18-27(7,8)19-36(32,33)23-13-11-22(12-14-23)34-17-21(16-28)10-15-24(30)35-26(4,5)6/h11-14,16,20H,9-10,15,17-19H2,1-8H3/b21-16+. The Kier molecular flexibility index (Phi) is 11.6. The van der Waals surface area contributed by atoms with Crippen LogP contribution in [0.1, 0.15) is 68.2 Å². The molecule has 1 aromatic carbocycles. The number of carbonyl (C=O) groups excluding carboxylic acids is 2. The molecule has 0 aliphatic carbocycles. The van der Waals surface area contributed by atoms with Gasteiger partial charge in [-0.1, -0.05) is 27.7 Å². The number of amides is 1. The Balaban J connectivity index is 2.75. The molecule has 1 aromatic rings. The topological polar surface area (TPSA) is 90.0 Å². The van der Waals surface area contributed by atoms with Crippen molar-refractivity contribution in [1.82, 2.24) is 4.90 Å². The van der Waals surface area contributed by atoms with Crippen molar-refractivity contribution in [2.75, 3.05) is 25.4 Å². The Morgan fingerprint density at radius 1 is 1.06 bits per heavy atom. The molecule has 0 saturated carbocycles. The summed E-state index contributed by atoms with van der Waals surface area (Å²) in [7, 11) is -3.62. The number of sulfone groups is 1. The second-order valence-corrected chi connectivity index (χ2v) is 13.0. The van der Waals surface area contributed by atoms with Gasteiger partial charge in [-0.05, 0) is 69.4 Å². The van der Waals surface area contributed by atoms with E-state index in [1.807, 2.05) is 34.6 Å². The fraction of sp³-hybridized carbons (Fsp3) is 0.630. The summed E-state index contributed by atoms with van der Waals surface area (Å²) in [6, 6.07) is 5.95. The molecule has 36 heavy (non-hydrogen) atoms. The minimum absolute atomic E-state index is 0.00253. The van der Waals surface area contributed by atoms with Gasteiger partial charge in [0.05, 0.1) is 17.0 Å². The van der Waals surface area contributed by atoms with Crippen LogP contribution in [0.4, 0.5) is 4.39 Å². The summed E-state index contributed by atoms with van der Waals surface area (Å²) >= 11 is 0. The Bertz CT molecular complexity index is 1010. The van der Waals surface area contributed by atoms with Gasteiger partial charge in [-0.15, -0.1) is 0 Å². The fourth-order valence-electron chi connectivity index (χ4n) is 3.60. The van der Waals surface area contributed by atoms with Crippen LogP contribution in [-0.4, -0.2) is 56.2 Å². The summed E-state index contributed by atoms with van der Waals surface area (Å²) in [5.41, 5.74) is -0.967. The summed E-state index contributed by atoms with van der Waals surface area (Å²) in [4.78, 5) is 26.1. The molecule has 1 amide bonds. The highest BCUT2D eigenvalue weighted by Gasteiger charge is 2.31. The number of halogens is 1. The molecule has 9 heteroatoms. The van der Waals surface area contributed by atoms with Gasteiger partial charge in [0.15, 0.2) is 9.84 Å². The van der Waals surface area contributed by atoms with Crippen molar-refractivity contribution in [1.29, 1.82) is 0 Å². The monoisotopic (exact) mass is 527 g/mol. The highest BCUT2D eigenvalue weighted by Crippen LogP contribution is 2.26. The maximum absolute atomic E-state index is 13.2. The van der Waals surface area contributed by atoms with Crippen molar-refractivity contribution in [2.45, 2.75) is 78.7 Å². The largest absolute Gasteiger partial charge is 0.489 e. The molecule has 0 atom stereocenters. The van der Waals surface area contributed by atoms with E-state index in [-0.39, 0.29) is 47.5 Å². The number of hydrogen-bond acceptors (Lipinski definition) is 6. The normalized spacial score (nSPS) is 13.0. The minimum Gasteiger partial charge on any atom is -0.489 e. The van der Waals surface area contributed by atoms with Gasteiger partial charge in [0.2, 0.25) is 5.91 Å². The highest BCUT2D eigenvalue weighted by atomic mass is 32.2. The maximum Gasteiger partial charge on any atom is 0.306 e. The molecule has 0 spiro atoms. The number of esters is 1. The molecule has 0 aliphatic rings. The molecule has 0 bridgehead atoms. The zero-order valence-electron chi connectivity index (χ0n) is 22.9. The molecule has 1 rings (SSSR count). The SMILES string of the molecule is CCN(CC(C)(C)CS(=O)(=O)c1ccc(OC/C(=C/F)CCC(=O)OC(C)(C)C)cc1)C(=O)C(C)C. The average molecular weight is 528 g/mol. The lowest BCUT2D eigenvalue weighted by molar-refractivity contribution is -0.154. The second kappa shape index (κ2) is 13.2. The van der Waals surface area contributed by atoms with Crippen LogP contribution in [0, 0.1) is 11.3 Å². The lowest BCUT2D eigenvalue weighted by atomic mass is 9.95. The van der Waals surface area contributed by atoms with E-state index in [9.17, 15) is 22.4 Å². The first-order chi connectivity index (χ1) is 16.5. The van der Waals surface area contributed by atoms with E-state index in [0.29, 0.717) is 25.2 Å². The van der Waals surface area contributed by atoms with E-state index in [4.69, 9.17) is 9.47 Å².